The van der Waals surface area contributed by atoms with Gasteiger partial charge in [-0.25, -0.2) is 0 Å². The van der Waals surface area contributed by atoms with Gasteiger partial charge in [-0.05, 0) is 83.5 Å². The third-order valence-electron chi connectivity index (χ3n) is 14.3. The minimum atomic E-state index is -0.782. The Balaban J connectivity index is 4.37. The first-order chi connectivity index (χ1) is 36.0. The number of hydrogen-bond donors (Lipinski definition) is 0. The molecule has 0 aromatic rings. The van der Waals surface area contributed by atoms with Crippen molar-refractivity contribution >= 4 is 17.9 Å². The van der Waals surface area contributed by atoms with Crippen LogP contribution in [0.4, 0.5) is 0 Å². The summed E-state index contributed by atoms with van der Waals surface area (Å²) >= 11 is 0. The largest absolute Gasteiger partial charge is 0.462 e. The van der Waals surface area contributed by atoms with Crippen molar-refractivity contribution in [3.63, 3.8) is 0 Å². The van der Waals surface area contributed by atoms with Crippen LogP contribution >= 0.6 is 0 Å². The standard InChI is InChI=1S/C67H122O6/c1-4-7-10-13-16-19-22-25-28-31-33-36-39-42-45-48-51-54-57-60-66(69)72-63-64(62-71-65(68)59-56-53-50-47-44-41-38-35-30-27-24-21-18-15-12-9-6-3)73-67(70)61-58-55-52-49-46-43-40-37-34-32-29-26-23-20-17-14-11-8-5-2/h18,21,25,27-28,30,38,41,64H,4-17,19-20,22-24,26,29,31-37,39-40,42-63H2,1-3H3/b21-18-,28-25-,30-27-,41-38-/t64-/m1/s1. The molecule has 0 saturated heterocycles. The van der Waals surface area contributed by atoms with Crippen LogP contribution in [0.5, 0.6) is 0 Å². The fourth-order valence-corrected chi connectivity index (χ4v) is 9.45. The number of esters is 3. The van der Waals surface area contributed by atoms with Crippen molar-refractivity contribution < 1.29 is 28.6 Å². The Morgan fingerprint density at radius 3 is 0.808 bits per heavy atom. The molecule has 0 rings (SSSR count). The van der Waals surface area contributed by atoms with E-state index in [1.807, 2.05) is 0 Å². The van der Waals surface area contributed by atoms with Crippen molar-refractivity contribution in [1.29, 1.82) is 0 Å². The molecule has 0 saturated carbocycles. The summed E-state index contributed by atoms with van der Waals surface area (Å²) in [5, 5.41) is 0. The molecule has 0 bridgehead atoms. The summed E-state index contributed by atoms with van der Waals surface area (Å²) in [4.78, 5) is 38.3. The first kappa shape index (κ1) is 70.4. The number of unbranched alkanes of at least 4 members (excludes halogenated alkanes) is 40. The van der Waals surface area contributed by atoms with Crippen LogP contribution in [-0.2, 0) is 28.6 Å². The summed E-state index contributed by atoms with van der Waals surface area (Å²) in [5.74, 6) is -0.880. The molecule has 0 radical (unpaired) electrons. The van der Waals surface area contributed by atoms with E-state index in [-0.39, 0.29) is 31.1 Å². The summed E-state index contributed by atoms with van der Waals surface area (Å²) in [5.41, 5.74) is 0. The molecule has 0 aliphatic carbocycles. The highest BCUT2D eigenvalue weighted by molar-refractivity contribution is 5.71. The predicted molar refractivity (Wildman–Crippen MR) is 316 cm³/mol. The van der Waals surface area contributed by atoms with Crippen molar-refractivity contribution in [1.82, 2.24) is 0 Å². The zero-order valence-corrected chi connectivity index (χ0v) is 48.9. The second-order valence-corrected chi connectivity index (χ2v) is 21.7. The minimum Gasteiger partial charge on any atom is -0.462 e. The van der Waals surface area contributed by atoms with Gasteiger partial charge in [-0.2, -0.15) is 0 Å². The van der Waals surface area contributed by atoms with Crippen molar-refractivity contribution in [3.05, 3.63) is 48.6 Å². The molecule has 6 heteroatoms. The lowest BCUT2D eigenvalue weighted by Crippen LogP contribution is -2.30. The van der Waals surface area contributed by atoms with E-state index in [4.69, 9.17) is 14.2 Å². The van der Waals surface area contributed by atoms with E-state index in [2.05, 4.69) is 69.4 Å². The normalized spacial score (nSPS) is 12.3. The Labute approximate surface area is 454 Å². The predicted octanol–water partition coefficient (Wildman–Crippen LogP) is 21.8. The van der Waals surface area contributed by atoms with Crippen LogP contribution in [0.15, 0.2) is 48.6 Å². The Morgan fingerprint density at radius 2 is 0.493 bits per heavy atom. The van der Waals surface area contributed by atoms with E-state index >= 15 is 0 Å². The van der Waals surface area contributed by atoms with E-state index in [1.54, 1.807) is 0 Å². The fraction of sp³-hybridized carbons (Fsp3) is 0.836. The van der Waals surface area contributed by atoms with Gasteiger partial charge in [0.05, 0.1) is 0 Å². The third-order valence-corrected chi connectivity index (χ3v) is 14.3. The van der Waals surface area contributed by atoms with E-state index < -0.39 is 6.10 Å². The van der Waals surface area contributed by atoms with E-state index in [1.165, 1.54) is 218 Å². The maximum absolute atomic E-state index is 12.9. The third kappa shape index (κ3) is 60.1. The van der Waals surface area contributed by atoms with Gasteiger partial charge in [0.2, 0.25) is 0 Å². The molecular weight excluding hydrogens is 901 g/mol. The zero-order valence-electron chi connectivity index (χ0n) is 48.9. The topological polar surface area (TPSA) is 78.9 Å². The molecule has 1 atom stereocenters. The van der Waals surface area contributed by atoms with Crippen LogP contribution < -0.4 is 0 Å². The highest BCUT2D eigenvalue weighted by atomic mass is 16.6. The van der Waals surface area contributed by atoms with Gasteiger partial charge in [0.25, 0.3) is 0 Å². The lowest BCUT2D eigenvalue weighted by atomic mass is 10.0. The van der Waals surface area contributed by atoms with Gasteiger partial charge in [-0.15, -0.1) is 0 Å². The quantitative estimate of drug-likeness (QED) is 0.0261. The minimum absolute atomic E-state index is 0.0779. The van der Waals surface area contributed by atoms with Crippen LogP contribution in [0.3, 0.4) is 0 Å². The van der Waals surface area contributed by atoms with Crippen molar-refractivity contribution in [2.45, 2.75) is 348 Å². The van der Waals surface area contributed by atoms with Crippen LogP contribution in [0.1, 0.15) is 342 Å². The summed E-state index contributed by atoms with van der Waals surface area (Å²) in [6, 6.07) is 0. The van der Waals surface area contributed by atoms with Gasteiger partial charge < -0.3 is 14.2 Å². The number of rotatable bonds is 59. The average molecular weight is 1020 g/mol. The first-order valence-corrected chi connectivity index (χ1v) is 32.1. The second-order valence-electron chi connectivity index (χ2n) is 21.7. The summed E-state index contributed by atoms with van der Waals surface area (Å²) < 4.78 is 16.9. The molecule has 6 nitrogen and oxygen atoms in total. The van der Waals surface area contributed by atoms with Gasteiger partial charge in [0, 0.05) is 19.3 Å². The number of carbonyl (C=O) groups is 3. The number of hydrogen-bond acceptors (Lipinski definition) is 6. The van der Waals surface area contributed by atoms with E-state index in [0.717, 1.165) is 83.5 Å². The Hall–Kier alpha value is -2.63. The van der Waals surface area contributed by atoms with Gasteiger partial charge in [0.1, 0.15) is 13.2 Å². The molecule has 0 aromatic carbocycles. The maximum atomic E-state index is 12.9. The number of allylic oxidation sites excluding steroid dienone is 8. The molecule has 73 heavy (non-hydrogen) atoms. The molecule has 0 aromatic heterocycles. The van der Waals surface area contributed by atoms with Crippen molar-refractivity contribution in [3.8, 4) is 0 Å². The molecule has 0 aliphatic heterocycles. The van der Waals surface area contributed by atoms with Gasteiger partial charge in [0.15, 0.2) is 6.10 Å². The lowest BCUT2D eigenvalue weighted by Gasteiger charge is -2.18. The Bertz CT molecular complexity index is 1270. The summed E-state index contributed by atoms with van der Waals surface area (Å²) in [6.07, 6.45) is 76.8. The highest BCUT2D eigenvalue weighted by Gasteiger charge is 2.19. The van der Waals surface area contributed by atoms with Crippen molar-refractivity contribution in [2.75, 3.05) is 13.2 Å². The van der Waals surface area contributed by atoms with Crippen LogP contribution in [-0.4, -0.2) is 37.2 Å². The molecular formula is C67H122O6. The molecule has 0 amide bonds. The highest BCUT2D eigenvalue weighted by Crippen LogP contribution is 2.17. The molecule has 426 valence electrons. The van der Waals surface area contributed by atoms with Gasteiger partial charge in [-0.1, -0.05) is 288 Å². The fourth-order valence-electron chi connectivity index (χ4n) is 9.45. The molecule has 0 heterocycles. The molecule has 0 N–H and O–H groups in total. The second kappa shape index (κ2) is 61.9. The van der Waals surface area contributed by atoms with Gasteiger partial charge in [-0.3, -0.25) is 14.4 Å². The van der Waals surface area contributed by atoms with Crippen LogP contribution in [0.2, 0.25) is 0 Å². The van der Waals surface area contributed by atoms with Crippen LogP contribution in [0, 0.1) is 0 Å². The van der Waals surface area contributed by atoms with E-state index in [9.17, 15) is 14.4 Å². The summed E-state index contributed by atoms with van der Waals surface area (Å²) in [6.45, 7) is 6.64. The molecule has 0 unspecified atom stereocenters. The average Bonchev–Trinajstić information content (AvgIpc) is 3.39. The monoisotopic (exact) mass is 1020 g/mol. The van der Waals surface area contributed by atoms with Gasteiger partial charge >= 0.3 is 17.9 Å². The SMILES string of the molecule is CCCCC/C=C\C/C=C\C/C=C\CCCCCCC(=O)OC[C@H](COC(=O)CCCCCCCCCCC/C=C\CCCCCCCC)OC(=O)CCCCCCCCCCCCCCCCCCCCC. The Morgan fingerprint density at radius 1 is 0.274 bits per heavy atom. The lowest BCUT2D eigenvalue weighted by molar-refractivity contribution is -0.167. The number of carbonyl (C=O) groups excluding carboxylic acids is 3. The smallest absolute Gasteiger partial charge is 0.306 e. The molecule has 0 spiro atoms. The molecule has 0 aliphatic rings. The zero-order chi connectivity index (χ0) is 52.9. The Kier molecular flexibility index (Phi) is 59.7. The maximum Gasteiger partial charge on any atom is 0.306 e. The first-order valence-electron chi connectivity index (χ1n) is 32.1. The van der Waals surface area contributed by atoms with Crippen molar-refractivity contribution in [2.24, 2.45) is 0 Å². The van der Waals surface area contributed by atoms with Crippen LogP contribution in [0.25, 0.3) is 0 Å². The van der Waals surface area contributed by atoms with E-state index in [0.29, 0.717) is 19.3 Å². The number of ether oxygens (including phenoxy) is 3. The summed E-state index contributed by atoms with van der Waals surface area (Å²) in [7, 11) is 0. The molecule has 0 fully saturated rings.